The lowest BCUT2D eigenvalue weighted by Crippen LogP contribution is -2.34. The molecular weight excluding hydrogens is 224 g/mol. The highest BCUT2D eigenvalue weighted by Crippen LogP contribution is 2.20. The van der Waals surface area contributed by atoms with Gasteiger partial charge < -0.3 is 10.5 Å². The SMILES string of the molecule is COCC1CCN(Cc2ccc(C)c(N)c2)CC1. The van der Waals surface area contributed by atoms with Gasteiger partial charge in [-0.05, 0) is 56.0 Å². The molecule has 18 heavy (non-hydrogen) atoms. The molecule has 1 fully saturated rings. The summed E-state index contributed by atoms with van der Waals surface area (Å²) in [5.74, 6) is 0.745. The first kappa shape index (κ1) is 13.4. The molecule has 0 amide bonds. The Labute approximate surface area is 110 Å². The summed E-state index contributed by atoms with van der Waals surface area (Å²) < 4.78 is 5.23. The maximum absolute atomic E-state index is 5.95. The summed E-state index contributed by atoms with van der Waals surface area (Å²) in [4.78, 5) is 2.51. The Bertz CT molecular complexity index is 384. The summed E-state index contributed by atoms with van der Waals surface area (Å²) in [6, 6.07) is 6.41. The summed E-state index contributed by atoms with van der Waals surface area (Å²) in [7, 11) is 1.79. The fraction of sp³-hybridized carbons (Fsp3) is 0.600. The number of hydrogen-bond acceptors (Lipinski definition) is 3. The molecule has 0 aromatic heterocycles. The lowest BCUT2D eigenvalue weighted by atomic mass is 9.97. The predicted molar refractivity (Wildman–Crippen MR) is 75.5 cm³/mol. The van der Waals surface area contributed by atoms with Crippen molar-refractivity contribution in [1.82, 2.24) is 4.90 Å². The van der Waals surface area contributed by atoms with Crippen molar-refractivity contribution >= 4 is 5.69 Å². The molecular formula is C15H24N2O. The second kappa shape index (κ2) is 6.21. The van der Waals surface area contributed by atoms with Crippen LogP contribution in [0.3, 0.4) is 0 Å². The molecule has 0 bridgehead atoms. The topological polar surface area (TPSA) is 38.5 Å². The second-order valence-corrected chi connectivity index (χ2v) is 5.37. The first-order valence-electron chi connectivity index (χ1n) is 6.75. The highest BCUT2D eigenvalue weighted by Gasteiger charge is 2.18. The number of piperidine rings is 1. The zero-order valence-corrected chi connectivity index (χ0v) is 11.5. The summed E-state index contributed by atoms with van der Waals surface area (Å²) in [5, 5.41) is 0. The zero-order chi connectivity index (χ0) is 13.0. The summed E-state index contributed by atoms with van der Waals surface area (Å²) in [6.07, 6.45) is 2.49. The van der Waals surface area contributed by atoms with Crippen LogP contribution in [-0.4, -0.2) is 31.7 Å². The van der Waals surface area contributed by atoms with E-state index < -0.39 is 0 Å². The molecule has 3 nitrogen and oxygen atoms in total. The number of aryl methyl sites for hydroxylation is 1. The maximum atomic E-state index is 5.95. The van der Waals surface area contributed by atoms with Gasteiger partial charge in [0.25, 0.3) is 0 Å². The molecule has 1 aromatic rings. The Morgan fingerprint density at radius 1 is 1.33 bits per heavy atom. The van der Waals surface area contributed by atoms with Gasteiger partial charge in [-0.25, -0.2) is 0 Å². The van der Waals surface area contributed by atoms with Crippen molar-refractivity contribution in [2.24, 2.45) is 5.92 Å². The largest absolute Gasteiger partial charge is 0.399 e. The van der Waals surface area contributed by atoms with Crippen LogP contribution >= 0.6 is 0 Å². The van der Waals surface area contributed by atoms with E-state index >= 15 is 0 Å². The summed E-state index contributed by atoms with van der Waals surface area (Å²) >= 11 is 0. The van der Waals surface area contributed by atoms with Crippen LogP contribution < -0.4 is 5.73 Å². The number of anilines is 1. The molecule has 0 unspecified atom stereocenters. The molecule has 1 heterocycles. The number of nitrogen functional groups attached to an aromatic ring is 1. The van der Waals surface area contributed by atoms with Crippen molar-refractivity contribution in [3.05, 3.63) is 29.3 Å². The molecule has 0 radical (unpaired) electrons. The minimum Gasteiger partial charge on any atom is -0.399 e. The monoisotopic (exact) mass is 248 g/mol. The Morgan fingerprint density at radius 3 is 2.67 bits per heavy atom. The first-order chi connectivity index (χ1) is 8.69. The number of ether oxygens (including phenoxy) is 1. The lowest BCUT2D eigenvalue weighted by molar-refractivity contribution is 0.0968. The molecule has 0 atom stereocenters. The van der Waals surface area contributed by atoms with E-state index in [1.54, 1.807) is 7.11 Å². The number of likely N-dealkylation sites (tertiary alicyclic amines) is 1. The van der Waals surface area contributed by atoms with Crippen LogP contribution in [0.2, 0.25) is 0 Å². The molecule has 3 heteroatoms. The molecule has 1 aliphatic rings. The van der Waals surface area contributed by atoms with Crippen LogP contribution in [0.15, 0.2) is 18.2 Å². The van der Waals surface area contributed by atoms with Crippen molar-refractivity contribution < 1.29 is 4.74 Å². The Balaban J connectivity index is 1.85. The van der Waals surface area contributed by atoms with Crippen molar-refractivity contribution in [2.45, 2.75) is 26.3 Å². The maximum Gasteiger partial charge on any atom is 0.0491 e. The minimum absolute atomic E-state index is 0.745. The van der Waals surface area contributed by atoms with Gasteiger partial charge in [0.15, 0.2) is 0 Å². The fourth-order valence-corrected chi connectivity index (χ4v) is 2.59. The van der Waals surface area contributed by atoms with E-state index in [1.165, 1.54) is 31.5 Å². The van der Waals surface area contributed by atoms with Crippen molar-refractivity contribution in [3.8, 4) is 0 Å². The van der Waals surface area contributed by atoms with Crippen LogP contribution in [0.25, 0.3) is 0 Å². The number of nitrogens with two attached hydrogens (primary N) is 1. The molecule has 0 aliphatic carbocycles. The van der Waals surface area contributed by atoms with Gasteiger partial charge in [-0.3, -0.25) is 4.90 Å². The molecule has 2 rings (SSSR count). The van der Waals surface area contributed by atoms with Crippen LogP contribution in [0.5, 0.6) is 0 Å². The Hall–Kier alpha value is -1.06. The van der Waals surface area contributed by atoms with Gasteiger partial charge in [0.1, 0.15) is 0 Å². The van der Waals surface area contributed by atoms with Crippen molar-refractivity contribution in [1.29, 1.82) is 0 Å². The average Bonchev–Trinajstić information content (AvgIpc) is 2.37. The van der Waals surface area contributed by atoms with Gasteiger partial charge in [0.05, 0.1) is 0 Å². The molecule has 1 saturated heterocycles. The Morgan fingerprint density at radius 2 is 2.06 bits per heavy atom. The molecule has 1 aromatic carbocycles. The van der Waals surface area contributed by atoms with Crippen LogP contribution in [0, 0.1) is 12.8 Å². The van der Waals surface area contributed by atoms with Gasteiger partial charge in [-0.15, -0.1) is 0 Å². The minimum atomic E-state index is 0.745. The molecule has 1 aliphatic heterocycles. The van der Waals surface area contributed by atoms with Crippen molar-refractivity contribution in [2.75, 3.05) is 32.5 Å². The molecule has 100 valence electrons. The van der Waals surface area contributed by atoms with Crippen LogP contribution in [-0.2, 0) is 11.3 Å². The normalized spacial score (nSPS) is 18.1. The van der Waals surface area contributed by atoms with Crippen LogP contribution in [0.1, 0.15) is 24.0 Å². The number of nitrogens with zero attached hydrogens (tertiary/aromatic N) is 1. The first-order valence-corrected chi connectivity index (χ1v) is 6.75. The zero-order valence-electron chi connectivity index (χ0n) is 11.5. The van der Waals surface area contributed by atoms with E-state index in [0.29, 0.717) is 0 Å². The van der Waals surface area contributed by atoms with E-state index in [-0.39, 0.29) is 0 Å². The van der Waals surface area contributed by atoms with Crippen LogP contribution in [0.4, 0.5) is 5.69 Å². The number of methoxy groups -OCH3 is 1. The quantitative estimate of drug-likeness (QED) is 0.832. The van der Waals surface area contributed by atoms with E-state index in [2.05, 4.69) is 30.0 Å². The van der Waals surface area contributed by atoms with Gasteiger partial charge in [-0.1, -0.05) is 12.1 Å². The summed E-state index contributed by atoms with van der Waals surface area (Å²) in [6.45, 7) is 6.31. The average molecular weight is 248 g/mol. The predicted octanol–water partition coefficient (Wildman–Crippen LogP) is 2.44. The molecule has 2 N–H and O–H groups in total. The smallest absolute Gasteiger partial charge is 0.0491 e. The highest BCUT2D eigenvalue weighted by molar-refractivity contribution is 5.48. The number of hydrogen-bond donors (Lipinski definition) is 1. The summed E-state index contributed by atoms with van der Waals surface area (Å²) in [5.41, 5.74) is 9.34. The van der Waals surface area contributed by atoms with E-state index in [4.69, 9.17) is 10.5 Å². The lowest BCUT2D eigenvalue weighted by Gasteiger charge is -2.31. The third-order valence-electron chi connectivity index (χ3n) is 3.86. The second-order valence-electron chi connectivity index (χ2n) is 5.37. The Kier molecular flexibility index (Phi) is 4.61. The standard InChI is InChI=1S/C15H24N2O/c1-12-3-4-14(9-15(12)16)10-17-7-5-13(6-8-17)11-18-2/h3-4,9,13H,5-8,10-11,16H2,1-2H3. The third kappa shape index (κ3) is 3.47. The number of rotatable bonds is 4. The van der Waals surface area contributed by atoms with Crippen molar-refractivity contribution in [3.63, 3.8) is 0 Å². The van der Waals surface area contributed by atoms with Gasteiger partial charge >= 0.3 is 0 Å². The van der Waals surface area contributed by atoms with E-state index in [0.717, 1.165) is 30.3 Å². The molecule has 0 saturated carbocycles. The van der Waals surface area contributed by atoms with Gasteiger partial charge in [0, 0.05) is 25.9 Å². The number of benzene rings is 1. The van der Waals surface area contributed by atoms with E-state index in [9.17, 15) is 0 Å². The van der Waals surface area contributed by atoms with E-state index in [1.807, 2.05) is 0 Å². The van der Waals surface area contributed by atoms with Gasteiger partial charge in [-0.2, -0.15) is 0 Å². The fourth-order valence-electron chi connectivity index (χ4n) is 2.59. The van der Waals surface area contributed by atoms with Gasteiger partial charge in [0.2, 0.25) is 0 Å². The molecule has 0 spiro atoms. The third-order valence-corrected chi connectivity index (χ3v) is 3.86. The highest BCUT2D eigenvalue weighted by atomic mass is 16.5.